The maximum Gasteiger partial charge on any atom is 0.254 e. The Bertz CT molecular complexity index is 1060. The molecule has 2 aromatic carbocycles. The van der Waals surface area contributed by atoms with Crippen molar-refractivity contribution in [3.8, 4) is 0 Å². The number of rotatable bonds is 8. The number of nitrogens with one attached hydrogen (secondary N) is 2. The van der Waals surface area contributed by atoms with Crippen LogP contribution in [0.2, 0.25) is 0 Å². The highest BCUT2D eigenvalue weighted by molar-refractivity contribution is 5.95. The number of nitrogens with zero attached hydrogens (tertiary/aromatic N) is 3. The third kappa shape index (κ3) is 6.08. The molecule has 1 aliphatic rings. The third-order valence-electron chi connectivity index (χ3n) is 6.05. The van der Waals surface area contributed by atoms with Crippen LogP contribution in [0.15, 0.2) is 66.9 Å². The number of para-hydroxylation sites is 1. The molecule has 1 aliphatic heterocycles. The lowest BCUT2D eigenvalue weighted by atomic mass is 10.0. The van der Waals surface area contributed by atoms with Crippen LogP contribution >= 0.6 is 0 Å². The standard InChI is InChI=1S/C26H31N5O2/c1-2-24-23(17-27-31(24)18-20-9-5-3-6-10-20)26(33)29-22-13-15-30(16-14-22)19-25(32)28-21-11-7-4-8-12-21/h3-12,17,22H,2,13-16,18-19H2,1H3,(H,28,32)(H,29,33). The molecule has 33 heavy (non-hydrogen) atoms. The fraction of sp³-hybridized carbons (Fsp3) is 0.346. The number of carbonyl (C=O) groups is 2. The zero-order chi connectivity index (χ0) is 23.0. The van der Waals surface area contributed by atoms with Crippen LogP contribution in [-0.2, 0) is 17.8 Å². The van der Waals surface area contributed by atoms with Gasteiger partial charge in [-0.15, -0.1) is 0 Å². The van der Waals surface area contributed by atoms with Gasteiger partial charge in [-0.1, -0.05) is 55.5 Å². The van der Waals surface area contributed by atoms with Gasteiger partial charge in [0.05, 0.1) is 30.5 Å². The monoisotopic (exact) mass is 445 g/mol. The molecule has 0 bridgehead atoms. The van der Waals surface area contributed by atoms with E-state index in [1.165, 1.54) is 0 Å². The second-order valence-corrected chi connectivity index (χ2v) is 8.44. The van der Waals surface area contributed by atoms with Crippen LogP contribution in [0.5, 0.6) is 0 Å². The van der Waals surface area contributed by atoms with Crippen molar-refractivity contribution in [2.75, 3.05) is 25.0 Å². The molecule has 7 nitrogen and oxygen atoms in total. The van der Waals surface area contributed by atoms with Crippen LogP contribution in [-0.4, -0.2) is 52.2 Å². The van der Waals surface area contributed by atoms with Gasteiger partial charge in [0.25, 0.3) is 5.91 Å². The topological polar surface area (TPSA) is 79.3 Å². The van der Waals surface area contributed by atoms with E-state index in [9.17, 15) is 9.59 Å². The van der Waals surface area contributed by atoms with E-state index in [2.05, 4.69) is 32.8 Å². The van der Waals surface area contributed by atoms with Gasteiger partial charge in [0.15, 0.2) is 0 Å². The summed E-state index contributed by atoms with van der Waals surface area (Å²) in [6.07, 6.45) is 4.07. The number of benzene rings is 2. The minimum atomic E-state index is -0.0635. The lowest BCUT2D eigenvalue weighted by Crippen LogP contribution is -2.46. The summed E-state index contributed by atoms with van der Waals surface area (Å²) >= 11 is 0. The number of likely N-dealkylation sites (tertiary alicyclic amines) is 1. The number of piperidine rings is 1. The summed E-state index contributed by atoms with van der Waals surface area (Å²) in [7, 11) is 0. The molecule has 1 saturated heterocycles. The minimum absolute atomic E-state index is 0.0119. The van der Waals surface area contributed by atoms with E-state index in [0.29, 0.717) is 18.7 Å². The normalized spacial score (nSPS) is 14.7. The van der Waals surface area contributed by atoms with E-state index in [1.807, 2.05) is 60.1 Å². The Labute approximate surface area is 194 Å². The SMILES string of the molecule is CCc1c(C(=O)NC2CCN(CC(=O)Nc3ccccc3)CC2)cnn1Cc1ccccc1. The highest BCUT2D eigenvalue weighted by Gasteiger charge is 2.24. The zero-order valence-electron chi connectivity index (χ0n) is 19.0. The number of carbonyl (C=O) groups excluding carboxylic acids is 2. The van der Waals surface area contributed by atoms with E-state index < -0.39 is 0 Å². The van der Waals surface area contributed by atoms with Gasteiger partial charge in [-0.05, 0) is 37.0 Å². The minimum Gasteiger partial charge on any atom is -0.349 e. The largest absolute Gasteiger partial charge is 0.349 e. The van der Waals surface area contributed by atoms with Crippen molar-refractivity contribution >= 4 is 17.5 Å². The van der Waals surface area contributed by atoms with Crippen LogP contribution in [0.3, 0.4) is 0 Å². The third-order valence-corrected chi connectivity index (χ3v) is 6.05. The summed E-state index contributed by atoms with van der Waals surface area (Å²) in [5.74, 6) is -0.0754. The molecule has 0 atom stereocenters. The molecule has 0 saturated carbocycles. The van der Waals surface area contributed by atoms with Crippen molar-refractivity contribution in [3.63, 3.8) is 0 Å². The molecule has 0 radical (unpaired) electrons. The van der Waals surface area contributed by atoms with Gasteiger partial charge in [-0.25, -0.2) is 0 Å². The van der Waals surface area contributed by atoms with Crippen LogP contribution < -0.4 is 10.6 Å². The predicted molar refractivity (Wildman–Crippen MR) is 129 cm³/mol. The van der Waals surface area contributed by atoms with Crippen molar-refractivity contribution in [3.05, 3.63) is 83.7 Å². The molecule has 2 heterocycles. The van der Waals surface area contributed by atoms with E-state index >= 15 is 0 Å². The Balaban J connectivity index is 1.27. The molecule has 0 unspecified atom stereocenters. The highest BCUT2D eigenvalue weighted by Crippen LogP contribution is 2.15. The first-order chi connectivity index (χ1) is 16.1. The molecular formula is C26H31N5O2. The Morgan fingerprint density at radius 1 is 1.00 bits per heavy atom. The summed E-state index contributed by atoms with van der Waals surface area (Å²) in [4.78, 5) is 27.4. The van der Waals surface area contributed by atoms with Crippen LogP contribution in [0.25, 0.3) is 0 Å². The molecule has 2 amide bonds. The molecule has 1 aromatic heterocycles. The Hall–Kier alpha value is -3.45. The Morgan fingerprint density at radius 3 is 2.33 bits per heavy atom. The first-order valence-electron chi connectivity index (χ1n) is 11.6. The zero-order valence-corrected chi connectivity index (χ0v) is 19.0. The lowest BCUT2D eigenvalue weighted by Gasteiger charge is -2.31. The average Bonchev–Trinajstić information content (AvgIpc) is 3.24. The second kappa shape index (κ2) is 10.9. The predicted octanol–water partition coefficient (Wildman–Crippen LogP) is 3.33. The molecule has 3 aromatic rings. The Kier molecular flexibility index (Phi) is 7.52. The molecule has 0 aliphatic carbocycles. The number of aromatic nitrogens is 2. The first-order valence-corrected chi connectivity index (χ1v) is 11.6. The van der Waals surface area contributed by atoms with Gasteiger partial charge in [-0.3, -0.25) is 19.2 Å². The van der Waals surface area contributed by atoms with E-state index in [0.717, 1.165) is 49.3 Å². The average molecular weight is 446 g/mol. The molecule has 7 heteroatoms. The van der Waals surface area contributed by atoms with Gasteiger partial charge < -0.3 is 10.6 Å². The Morgan fingerprint density at radius 2 is 1.67 bits per heavy atom. The van der Waals surface area contributed by atoms with Gasteiger partial charge >= 0.3 is 0 Å². The number of hydrogen-bond acceptors (Lipinski definition) is 4. The number of amides is 2. The summed E-state index contributed by atoms with van der Waals surface area (Å²) in [6, 6.07) is 19.7. The number of anilines is 1. The fourth-order valence-corrected chi connectivity index (χ4v) is 4.29. The molecule has 172 valence electrons. The summed E-state index contributed by atoms with van der Waals surface area (Å²) < 4.78 is 1.91. The van der Waals surface area contributed by atoms with Crippen LogP contribution in [0.4, 0.5) is 5.69 Å². The molecular weight excluding hydrogens is 414 g/mol. The molecule has 4 rings (SSSR count). The molecule has 2 N–H and O–H groups in total. The van der Waals surface area contributed by atoms with Crippen molar-refractivity contribution in [2.45, 2.75) is 38.8 Å². The van der Waals surface area contributed by atoms with Gasteiger partial charge in [0.1, 0.15) is 0 Å². The summed E-state index contributed by atoms with van der Waals surface area (Å²) in [5.41, 5.74) is 3.57. The van der Waals surface area contributed by atoms with Gasteiger partial charge in [-0.2, -0.15) is 5.10 Å². The number of hydrogen-bond donors (Lipinski definition) is 2. The maximum atomic E-state index is 13.0. The lowest BCUT2D eigenvalue weighted by molar-refractivity contribution is -0.117. The summed E-state index contributed by atoms with van der Waals surface area (Å²) in [5, 5.41) is 10.6. The smallest absolute Gasteiger partial charge is 0.254 e. The fourth-order valence-electron chi connectivity index (χ4n) is 4.29. The molecule has 0 spiro atoms. The highest BCUT2D eigenvalue weighted by atomic mass is 16.2. The first kappa shape index (κ1) is 22.7. The van der Waals surface area contributed by atoms with Gasteiger partial charge in [0.2, 0.25) is 5.91 Å². The quantitative estimate of drug-likeness (QED) is 0.558. The van der Waals surface area contributed by atoms with E-state index in [4.69, 9.17) is 0 Å². The van der Waals surface area contributed by atoms with Gasteiger partial charge in [0, 0.05) is 24.8 Å². The maximum absolute atomic E-state index is 13.0. The van der Waals surface area contributed by atoms with E-state index in [-0.39, 0.29) is 17.9 Å². The second-order valence-electron chi connectivity index (χ2n) is 8.44. The van der Waals surface area contributed by atoms with Crippen molar-refractivity contribution < 1.29 is 9.59 Å². The van der Waals surface area contributed by atoms with Crippen molar-refractivity contribution in [2.24, 2.45) is 0 Å². The van der Waals surface area contributed by atoms with Crippen molar-refractivity contribution in [1.82, 2.24) is 20.0 Å². The van der Waals surface area contributed by atoms with Crippen molar-refractivity contribution in [1.29, 1.82) is 0 Å². The molecule has 1 fully saturated rings. The van der Waals surface area contributed by atoms with Crippen LogP contribution in [0.1, 0.15) is 41.4 Å². The summed E-state index contributed by atoms with van der Waals surface area (Å²) in [6.45, 7) is 4.62. The van der Waals surface area contributed by atoms with Crippen LogP contribution in [0, 0.1) is 0 Å². The van der Waals surface area contributed by atoms with E-state index in [1.54, 1.807) is 6.20 Å².